The molecule has 4 amide bonds. The summed E-state index contributed by atoms with van der Waals surface area (Å²) in [4.78, 5) is 38.7. The standard InChI is InChI=1S/C20H36N4O3/c1-5-6-7-15(12-21)22-16(25)13-24-17(26)20(23-18(24)27)10-8-14(9-11-20)19(2,3)4/h14-15H,5-13,21H2,1-4H3,(H,22,25)(H,23,27). The summed E-state index contributed by atoms with van der Waals surface area (Å²) in [5.74, 6) is -0.0487. The fourth-order valence-electron chi connectivity index (χ4n) is 4.25. The normalized spacial score (nSPS) is 27.0. The summed E-state index contributed by atoms with van der Waals surface area (Å²) in [6.45, 7) is 8.84. The van der Waals surface area contributed by atoms with Crippen LogP contribution in [-0.2, 0) is 9.59 Å². The van der Waals surface area contributed by atoms with Gasteiger partial charge in [-0.05, 0) is 43.4 Å². The van der Waals surface area contributed by atoms with Gasteiger partial charge >= 0.3 is 6.03 Å². The molecule has 0 radical (unpaired) electrons. The summed E-state index contributed by atoms with van der Waals surface area (Å²) in [6, 6.07) is -0.573. The molecule has 1 unspecified atom stereocenters. The summed E-state index contributed by atoms with van der Waals surface area (Å²) < 4.78 is 0. The molecule has 2 rings (SSSR count). The molecule has 1 spiro atoms. The van der Waals surface area contributed by atoms with Crippen LogP contribution in [0.2, 0.25) is 0 Å². The molecular formula is C20H36N4O3. The number of nitrogens with zero attached hydrogens (tertiary/aromatic N) is 1. The maximum atomic E-state index is 12.9. The minimum absolute atomic E-state index is 0.116. The van der Waals surface area contributed by atoms with Gasteiger partial charge in [0, 0.05) is 12.6 Å². The van der Waals surface area contributed by atoms with Gasteiger partial charge in [-0.3, -0.25) is 14.5 Å². The predicted octanol–water partition coefficient (Wildman–Crippen LogP) is 2.15. The first-order chi connectivity index (χ1) is 12.6. The molecule has 2 fully saturated rings. The number of imide groups is 1. The second-order valence-electron chi connectivity index (χ2n) is 9.19. The molecule has 1 atom stereocenters. The number of hydrogen-bond donors (Lipinski definition) is 3. The van der Waals surface area contributed by atoms with E-state index in [4.69, 9.17) is 5.73 Å². The number of amides is 4. The average molecular weight is 381 g/mol. The van der Waals surface area contributed by atoms with E-state index in [2.05, 4.69) is 38.3 Å². The summed E-state index contributed by atoms with van der Waals surface area (Å²) in [6.07, 6.45) is 5.89. The summed E-state index contributed by atoms with van der Waals surface area (Å²) in [7, 11) is 0. The Hall–Kier alpha value is -1.63. The van der Waals surface area contributed by atoms with Crippen molar-refractivity contribution in [3.63, 3.8) is 0 Å². The van der Waals surface area contributed by atoms with Crippen molar-refractivity contribution in [1.29, 1.82) is 0 Å². The SMILES string of the molecule is CCCCC(CN)NC(=O)CN1C(=O)NC2(CCC(C(C)(C)C)CC2)C1=O. The Morgan fingerprint density at radius 1 is 1.33 bits per heavy atom. The van der Waals surface area contributed by atoms with Crippen LogP contribution in [0.1, 0.15) is 72.6 Å². The average Bonchev–Trinajstić information content (AvgIpc) is 2.82. The van der Waals surface area contributed by atoms with E-state index >= 15 is 0 Å². The molecule has 1 saturated carbocycles. The molecule has 154 valence electrons. The van der Waals surface area contributed by atoms with Crippen LogP contribution in [0.25, 0.3) is 0 Å². The van der Waals surface area contributed by atoms with Crippen molar-refractivity contribution in [2.24, 2.45) is 17.1 Å². The van der Waals surface area contributed by atoms with E-state index < -0.39 is 11.6 Å². The smallest absolute Gasteiger partial charge is 0.325 e. The van der Waals surface area contributed by atoms with Gasteiger partial charge in [0.25, 0.3) is 5.91 Å². The van der Waals surface area contributed by atoms with E-state index in [1.54, 1.807) is 0 Å². The first-order valence-corrected chi connectivity index (χ1v) is 10.3. The van der Waals surface area contributed by atoms with E-state index in [9.17, 15) is 14.4 Å². The van der Waals surface area contributed by atoms with Crippen LogP contribution >= 0.6 is 0 Å². The van der Waals surface area contributed by atoms with Gasteiger partial charge in [-0.1, -0.05) is 40.5 Å². The number of urea groups is 1. The molecule has 1 aliphatic carbocycles. The van der Waals surface area contributed by atoms with Crippen LogP contribution in [0, 0.1) is 11.3 Å². The molecule has 7 nitrogen and oxygen atoms in total. The zero-order valence-electron chi connectivity index (χ0n) is 17.3. The molecular weight excluding hydrogens is 344 g/mol. The Balaban J connectivity index is 1.95. The van der Waals surface area contributed by atoms with Crippen LogP contribution in [0.5, 0.6) is 0 Å². The molecule has 1 heterocycles. The second-order valence-corrected chi connectivity index (χ2v) is 9.19. The quantitative estimate of drug-likeness (QED) is 0.589. The van der Waals surface area contributed by atoms with Gasteiger partial charge in [-0.15, -0.1) is 0 Å². The van der Waals surface area contributed by atoms with Gasteiger partial charge in [-0.2, -0.15) is 0 Å². The van der Waals surface area contributed by atoms with E-state index in [-0.39, 0.29) is 29.8 Å². The monoisotopic (exact) mass is 380 g/mol. The van der Waals surface area contributed by atoms with E-state index in [0.717, 1.165) is 37.0 Å². The highest BCUT2D eigenvalue weighted by Crippen LogP contribution is 2.43. The molecule has 2 aliphatic rings. The van der Waals surface area contributed by atoms with Crippen molar-refractivity contribution >= 4 is 17.8 Å². The van der Waals surface area contributed by atoms with Gasteiger partial charge in [0.15, 0.2) is 0 Å². The minimum Gasteiger partial charge on any atom is -0.351 e. The van der Waals surface area contributed by atoms with Gasteiger partial charge < -0.3 is 16.4 Å². The number of unbranched alkanes of at least 4 members (excludes halogenated alkanes) is 1. The van der Waals surface area contributed by atoms with Crippen LogP contribution < -0.4 is 16.4 Å². The van der Waals surface area contributed by atoms with Crippen molar-refractivity contribution in [3.8, 4) is 0 Å². The number of carbonyl (C=O) groups is 3. The molecule has 7 heteroatoms. The topological polar surface area (TPSA) is 105 Å². The number of nitrogens with one attached hydrogen (secondary N) is 2. The highest BCUT2D eigenvalue weighted by molar-refractivity contribution is 6.09. The molecule has 4 N–H and O–H groups in total. The van der Waals surface area contributed by atoms with Gasteiger partial charge in [0.2, 0.25) is 5.91 Å². The highest BCUT2D eigenvalue weighted by Gasteiger charge is 2.53. The lowest BCUT2D eigenvalue weighted by Gasteiger charge is -2.40. The molecule has 27 heavy (non-hydrogen) atoms. The zero-order valence-corrected chi connectivity index (χ0v) is 17.3. The minimum atomic E-state index is -0.825. The maximum Gasteiger partial charge on any atom is 0.325 e. The van der Waals surface area contributed by atoms with Crippen molar-refractivity contribution in [1.82, 2.24) is 15.5 Å². The fourth-order valence-corrected chi connectivity index (χ4v) is 4.25. The third-order valence-corrected chi connectivity index (χ3v) is 6.17. The molecule has 1 aliphatic heterocycles. The molecule has 0 aromatic carbocycles. The lowest BCUT2D eigenvalue weighted by molar-refractivity contribution is -0.136. The Morgan fingerprint density at radius 2 is 1.96 bits per heavy atom. The first kappa shape index (κ1) is 21.7. The summed E-state index contributed by atoms with van der Waals surface area (Å²) >= 11 is 0. The maximum absolute atomic E-state index is 12.9. The van der Waals surface area contributed by atoms with E-state index in [1.165, 1.54) is 0 Å². The van der Waals surface area contributed by atoms with Gasteiger partial charge in [0.05, 0.1) is 0 Å². The highest BCUT2D eigenvalue weighted by atomic mass is 16.2. The van der Waals surface area contributed by atoms with Gasteiger partial charge in [-0.25, -0.2) is 4.79 Å². The third-order valence-electron chi connectivity index (χ3n) is 6.17. The predicted molar refractivity (Wildman–Crippen MR) is 105 cm³/mol. The van der Waals surface area contributed by atoms with Crippen LogP contribution in [-0.4, -0.2) is 47.4 Å². The number of rotatable bonds is 7. The van der Waals surface area contributed by atoms with Crippen LogP contribution in [0.3, 0.4) is 0 Å². The van der Waals surface area contributed by atoms with Crippen LogP contribution in [0.15, 0.2) is 0 Å². The molecule has 0 bridgehead atoms. The lowest BCUT2D eigenvalue weighted by atomic mass is 9.67. The van der Waals surface area contributed by atoms with E-state index in [1.807, 2.05) is 0 Å². The number of carbonyl (C=O) groups excluding carboxylic acids is 3. The second kappa shape index (κ2) is 8.59. The number of nitrogens with two attached hydrogens (primary N) is 1. The Bertz CT molecular complexity index is 562. The summed E-state index contributed by atoms with van der Waals surface area (Å²) in [5, 5.41) is 5.73. The largest absolute Gasteiger partial charge is 0.351 e. The third kappa shape index (κ3) is 5.00. The Kier molecular flexibility index (Phi) is 6.89. The fraction of sp³-hybridized carbons (Fsp3) is 0.850. The lowest BCUT2D eigenvalue weighted by Crippen LogP contribution is -2.51. The Labute approximate surface area is 162 Å². The molecule has 1 saturated heterocycles. The Morgan fingerprint density at radius 3 is 2.48 bits per heavy atom. The first-order valence-electron chi connectivity index (χ1n) is 10.3. The van der Waals surface area contributed by atoms with Crippen LogP contribution in [0.4, 0.5) is 4.79 Å². The molecule has 0 aromatic rings. The number of hydrogen-bond acceptors (Lipinski definition) is 4. The summed E-state index contributed by atoms with van der Waals surface area (Å²) in [5.41, 5.74) is 5.08. The molecule has 0 aromatic heterocycles. The van der Waals surface area contributed by atoms with E-state index in [0.29, 0.717) is 25.3 Å². The van der Waals surface area contributed by atoms with Gasteiger partial charge in [0.1, 0.15) is 12.1 Å². The van der Waals surface area contributed by atoms with Crippen molar-refractivity contribution in [2.45, 2.75) is 84.2 Å². The van der Waals surface area contributed by atoms with Crippen molar-refractivity contribution in [2.75, 3.05) is 13.1 Å². The zero-order chi connectivity index (χ0) is 20.2. The van der Waals surface area contributed by atoms with Crippen molar-refractivity contribution < 1.29 is 14.4 Å². The van der Waals surface area contributed by atoms with Crippen molar-refractivity contribution in [3.05, 3.63) is 0 Å².